The van der Waals surface area contributed by atoms with Gasteiger partial charge in [0.2, 0.25) is 0 Å². The van der Waals surface area contributed by atoms with Gasteiger partial charge in [-0.25, -0.2) is 0 Å². The van der Waals surface area contributed by atoms with Crippen LogP contribution in [0.4, 0.5) is 13.2 Å². The topological polar surface area (TPSA) is 20.3 Å². The van der Waals surface area contributed by atoms with Crippen molar-refractivity contribution in [1.29, 1.82) is 0 Å². The number of Topliss-reactive ketones (excluding diaryl/α,β-unsaturated/α-hetero) is 1. The van der Waals surface area contributed by atoms with E-state index in [2.05, 4.69) is 0 Å². The van der Waals surface area contributed by atoms with E-state index in [4.69, 9.17) is 0 Å². The number of halogens is 3. The molecule has 1 fully saturated rings. The molecule has 1 aliphatic carbocycles. The molecule has 2 aliphatic rings. The van der Waals surface area contributed by atoms with Crippen molar-refractivity contribution in [3.05, 3.63) is 59.7 Å². The average molecular weight is 307 g/mol. The number of nitrogens with zero attached hydrogens (tertiary/aromatic N) is 1. The quantitative estimate of drug-likeness (QED) is 0.833. The van der Waals surface area contributed by atoms with Crippen LogP contribution in [0.5, 0.6) is 0 Å². The van der Waals surface area contributed by atoms with Gasteiger partial charge in [-0.3, -0.25) is 9.69 Å². The second-order valence-corrected chi connectivity index (χ2v) is 5.67. The molecule has 0 spiro atoms. The summed E-state index contributed by atoms with van der Waals surface area (Å²) in [6.45, 7) is 1.04. The fourth-order valence-electron chi connectivity index (χ4n) is 3.06. The van der Waals surface area contributed by atoms with E-state index in [-0.39, 0.29) is 5.78 Å². The molecule has 116 valence electrons. The van der Waals surface area contributed by atoms with Crippen LogP contribution < -0.4 is 0 Å². The maximum atomic E-state index is 12.9. The highest BCUT2D eigenvalue weighted by Gasteiger charge is 2.41. The third-order valence-electron chi connectivity index (χ3n) is 4.20. The lowest BCUT2D eigenvalue weighted by Crippen LogP contribution is -2.48. The van der Waals surface area contributed by atoms with Gasteiger partial charge in [-0.1, -0.05) is 48.6 Å². The van der Waals surface area contributed by atoms with Crippen molar-refractivity contribution in [2.24, 2.45) is 5.92 Å². The number of hydrogen-bond donors (Lipinski definition) is 0. The van der Waals surface area contributed by atoms with E-state index in [1.165, 1.54) is 12.2 Å². The van der Waals surface area contributed by atoms with Crippen LogP contribution in [0.3, 0.4) is 0 Å². The highest BCUT2D eigenvalue weighted by molar-refractivity contribution is 5.85. The Morgan fingerprint density at radius 3 is 2.59 bits per heavy atom. The second kappa shape index (κ2) is 5.72. The molecule has 0 amide bonds. The van der Waals surface area contributed by atoms with Crippen molar-refractivity contribution in [3.8, 4) is 0 Å². The standard InChI is InChI=1S/C17H16F3NO/c18-17(19,20)13-6-7-14-15(10-13)21(9-8-16(14)22)11-12-4-2-1-3-5-12/h1-7,10,14-15H,8-9,11H2. The predicted octanol–water partition coefficient (Wildman–Crippen LogP) is 3.50. The summed E-state index contributed by atoms with van der Waals surface area (Å²) in [5.74, 6) is -0.452. The van der Waals surface area contributed by atoms with Gasteiger partial charge < -0.3 is 0 Å². The van der Waals surface area contributed by atoms with Crippen LogP contribution >= 0.6 is 0 Å². The van der Waals surface area contributed by atoms with Gasteiger partial charge >= 0.3 is 6.18 Å². The zero-order valence-corrected chi connectivity index (χ0v) is 11.9. The molecule has 0 bridgehead atoms. The predicted molar refractivity (Wildman–Crippen MR) is 77.0 cm³/mol. The summed E-state index contributed by atoms with van der Waals surface area (Å²) < 4.78 is 38.8. The van der Waals surface area contributed by atoms with Gasteiger partial charge in [-0.2, -0.15) is 13.2 Å². The fraction of sp³-hybridized carbons (Fsp3) is 0.353. The van der Waals surface area contributed by atoms with Crippen LogP contribution in [0.2, 0.25) is 0 Å². The summed E-state index contributed by atoms with van der Waals surface area (Å²) in [5, 5.41) is 0. The number of carbonyl (C=O) groups excluding carboxylic acids is 1. The van der Waals surface area contributed by atoms with Gasteiger partial charge in [0.15, 0.2) is 0 Å². The maximum Gasteiger partial charge on any atom is 0.416 e. The van der Waals surface area contributed by atoms with Crippen LogP contribution in [0.1, 0.15) is 12.0 Å². The number of fused-ring (bicyclic) bond motifs is 1. The average Bonchev–Trinajstić information content (AvgIpc) is 2.50. The molecule has 0 N–H and O–H groups in total. The Labute approximate surface area is 126 Å². The lowest BCUT2D eigenvalue weighted by Gasteiger charge is -2.39. The van der Waals surface area contributed by atoms with Crippen molar-refractivity contribution in [3.63, 3.8) is 0 Å². The molecule has 1 aliphatic heterocycles. The molecule has 0 aromatic heterocycles. The number of piperidine rings is 1. The number of likely N-dealkylation sites (tertiary alicyclic amines) is 1. The molecule has 5 heteroatoms. The second-order valence-electron chi connectivity index (χ2n) is 5.67. The van der Waals surface area contributed by atoms with Crippen molar-refractivity contribution in [2.75, 3.05) is 6.54 Å². The molecule has 1 heterocycles. The van der Waals surface area contributed by atoms with Crippen LogP contribution in [0.15, 0.2) is 54.1 Å². The molecule has 1 aromatic carbocycles. The Balaban J connectivity index is 1.87. The van der Waals surface area contributed by atoms with E-state index in [0.717, 1.165) is 11.6 Å². The third-order valence-corrected chi connectivity index (χ3v) is 4.20. The van der Waals surface area contributed by atoms with Crippen molar-refractivity contribution in [1.82, 2.24) is 4.90 Å². The molecular formula is C17H16F3NO. The lowest BCUT2D eigenvalue weighted by atomic mass is 9.82. The summed E-state index contributed by atoms with van der Waals surface area (Å²) in [6, 6.07) is 9.08. The minimum Gasteiger partial charge on any atom is -0.299 e. The largest absolute Gasteiger partial charge is 0.416 e. The number of carbonyl (C=O) groups is 1. The first kappa shape index (κ1) is 15.0. The Hall–Kier alpha value is -1.88. The smallest absolute Gasteiger partial charge is 0.299 e. The number of benzene rings is 1. The molecule has 2 unspecified atom stereocenters. The van der Waals surface area contributed by atoms with Gasteiger partial charge in [0.25, 0.3) is 0 Å². The molecule has 0 saturated carbocycles. The maximum absolute atomic E-state index is 12.9. The molecule has 0 radical (unpaired) electrons. The minimum atomic E-state index is -4.37. The summed E-state index contributed by atoms with van der Waals surface area (Å²) in [6.07, 6.45) is -0.351. The zero-order chi connectivity index (χ0) is 15.7. The summed E-state index contributed by atoms with van der Waals surface area (Å²) in [7, 11) is 0. The summed E-state index contributed by atoms with van der Waals surface area (Å²) in [4.78, 5) is 13.9. The van der Waals surface area contributed by atoms with E-state index in [0.29, 0.717) is 19.5 Å². The molecule has 2 atom stereocenters. The van der Waals surface area contributed by atoms with E-state index in [1.54, 1.807) is 0 Å². The monoisotopic (exact) mass is 307 g/mol. The van der Waals surface area contributed by atoms with Gasteiger partial charge in [-0.05, 0) is 5.56 Å². The van der Waals surface area contributed by atoms with Gasteiger partial charge in [0, 0.05) is 25.6 Å². The van der Waals surface area contributed by atoms with Crippen LogP contribution in [0, 0.1) is 5.92 Å². The number of rotatable bonds is 2. The van der Waals surface area contributed by atoms with Crippen LogP contribution in [-0.2, 0) is 11.3 Å². The van der Waals surface area contributed by atoms with Crippen molar-refractivity contribution in [2.45, 2.75) is 25.2 Å². The Kier molecular flexibility index (Phi) is 3.91. The normalized spacial score (nSPS) is 25.8. The van der Waals surface area contributed by atoms with E-state index in [1.807, 2.05) is 35.2 Å². The van der Waals surface area contributed by atoms with Crippen LogP contribution in [0.25, 0.3) is 0 Å². The Bertz CT molecular complexity index is 619. The molecule has 3 rings (SSSR count). The summed E-state index contributed by atoms with van der Waals surface area (Å²) >= 11 is 0. The van der Waals surface area contributed by atoms with E-state index < -0.39 is 23.7 Å². The number of allylic oxidation sites excluding steroid dienone is 2. The molecule has 1 aromatic rings. The first-order valence-electron chi connectivity index (χ1n) is 7.23. The minimum absolute atomic E-state index is 0.0167. The molecule has 2 nitrogen and oxygen atoms in total. The fourth-order valence-corrected chi connectivity index (χ4v) is 3.06. The number of ketones is 1. The molecule has 22 heavy (non-hydrogen) atoms. The third kappa shape index (κ3) is 2.99. The van der Waals surface area contributed by atoms with E-state index in [9.17, 15) is 18.0 Å². The highest BCUT2D eigenvalue weighted by atomic mass is 19.4. The first-order valence-corrected chi connectivity index (χ1v) is 7.23. The SMILES string of the molecule is O=C1CCN(Cc2ccccc2)C2C=C(C(F)(F)F)C=CC12. The Morgan fingerprint density at radius 2 is 1.91 bits per heavy atom. The van der Waals surface area contributed by atoms with Gasteiger partial charge in [0.1, 0.15) is 5.78 Å². The zero-order valence-electron chi connectivity index (χ0n) is 11.9. The van der Waals surface area contributed by atoms with Crippen molar-refractivity contribution >= 4 is 5.78 Å². The summed E-state index contributed by atoms with van der Waals surface area (Å²) in [5.41, 5.74) is 0.369. The van der Waals surface area contributed by atoms with Gasteiger partial charge in [0.05, 0.1) is 11.5 Å². The van der Waals surface area contributed by atoms with E-state index >= 15 is 0 Å². The molecular weight excluding hydrogens is 291 g/mol. The number of hydrogen-bond acceptors (Lipinski definition) is 2. The van der Waals surface area contributed by atoms with Crippen molar-refractivity contribution < 1.29 is 18.0 Å². The Morgan fingerprint density at radius 1 is 1.18 bits per heavy atom. The highest BCUT2D eigenvalue weighted by Crippen LogP contribution is 2.35. The van der Waals surface area contributed by atoms with Crippen LogP contribution in [-0.4, -0.2) is 29.4 Å². The molecule has 1 saturated heterocycles. The first-order chi connectivity index (χ1) is 10.4. The van der Waals surface area contributed by atoms with Gasteiger partial charge in [-0.15, -0.1) is 0 Å². The lowest BCUT2D eigenvalue weighted by molar-refractivity contribution is -0.126. The number of alkyl halides is 3.